The topological polar surface area (TPSA) is 49.4 Å². The van der Waals surface area contributed by atoms with Gasteiger partial charge in [-0.2, -0.15) is 0 Å². The molecular weight excluding hydrogens is 315 g/mol. The molecule has 6 heteroatoms. The molecule has 1 unspecified atom stereocenters. The number of hydrogen-bond acceptors (Lipinski definition) is 2. The Morgan fingerprint density at radius 3 is 2.74 bits per heavy atom. The van der Waals surface area contributed by atoms with Gasteiger partial charge < -0.3 is 5.32 Å². The van der Waals surface area contributed by atoms with Crippen LogP contribution in [0.1, 0.15) is 12.8 Å². The highest BCUT2D eigenvalue weighted by Gasteiger charge is 2.43. The highest BCUT2D eigenvalue weighted by molar-refractivity contribution is 9.10. The summed E-state index contributed by atoms with van der Waals surface area (Å²) in [6, 6.07) is 3.65. The van der Waals surface area contributed by atoms with E-state index in [0.717, 1.165) is 12.8 Å². The summed E-state index contributed by atoms with van der Waals surface area (Å²) in [5.41, 5.74) is 0.408. The molecular formula is C13H12BrFN2O2. The van der Waals surface area contributed by atoms with Crippen LogP contribution in [0.25, 0.3) is 0 Å². The normalized spacial score (nSPS) is 23.5. The maximum atomic E-state index is 13.3. The number of nitrogens with zero attached hydrogens (tertiary/aromatic N) is 1. The molecule has 100 valence electrons. The Morgan fingerprint density at radius 2 is 2.05 bits per heavy atom. The van der Waals surface area contributed by atoms with E-state index in [2.05, 4.69) is 21.2 Å². The van der Waals surface area contributed by atoms with Crippen LogP contribution >= 0.6 is 15.9 Å². The first-order valence-electron chi connectivity index (χ1n) is 6.12. The van der Waals surface area contributed by atoms with E-state index in [1.165, 1.54) is 23.1 Å². The average molecular weight is 327 g/mol. The molecule has 1 N–H and O–H groups in total. The van der Waals surface area contributed by atoms with Gasteiger partial charge in [0.15, 0.2) is 0 Å². The lowest BCUT2D eigenvalue weighted by molar-refractivity contribution is -0.131. The Bertz CT molecular complexity index is 560. The van der Waals surface area contributed by atoms with Crippen molar-refractivity contribution in [2.75, 3.05) is 11.4 Å². The van der Waals surface area contributed by atoms with Crippen molar-refractivity contribution in [3.05, 3.63) is 28.5 Å². The fourth-order valence-corrected chi connectivity index (χ4v) is 2.78. The van der Waals surface area contributed by atoms with E-state index in [1.807, 2.05) is 0 Å². The van der Waals surface area contributed by atoms with Gasteiger partial charge in [0.2, 0.25) is 11.8 Å². The second kappa shape index (κ2) is 4.59. The molecule has 2 fully saturated rings. The molecule has 1 aromatic rings. The van der Waals surface area contributed by atoms with E-state index in [9.17, 15) is 14.0 Å². The molecule has 1 atom stereocenters. The van der Waals surface area contributed by atoms with Crippen molar-refractivity contribution in [2.45, 2.75) is 18.9 Å². The van der Waals surface area contributed by atoms with Crippen LogP contribution in [0.4, 0.5) is 10.1 Å². The predicted octanol–water partition coefficient (Wildman–Crippen LogP) is 1.83. The second-order valence-electron chi connectivity index (χ2n) is 4.90. The Balaban J connectivity index is 1.95. The first-order valence-corrected chi connectivity index (χ1v) is 6.91. The Kier molecular flexibility index (Phi) is 3.05. The monoisotopic (exact) mass is 326 g/mol. The maximum Gasteiger partial charge on any atom is 0.250 e. The minimum absolute atomic E-state index is 0.0654. The fourth-order valence-electron chi connectivity index (χ4n) is 2.32. The van der Waals surface area contributed by atoms with Gasteiger partial charge in [-0.25, -0.2) is 4.39 Å². The number of carbonyl (C=O) groups is 2. The Labute approximate surface area is 118 Å². The van der Waals surface area contributed by atoms with Gasteiger partial charge >= 0.3 is 0 Å². The van der Waals surface area contributed by atoms with Crippen LogP contribution in [0.5, 0.6) is 0 Å². The molecule has 1 aliphatic heterocycles. The third kappa shape index (κ3) is 2.36. The molecule has 3 rings (SSSR count). The van der Waals surface area contributed by atoms with Gasteiger partial charge in [0.05, 0.1) is 5.69 Å². The largest absolute Gasteiger partial charge is 0.342 e. The summed E-state index contributed by atoms with van der Waals surface area (Å²) < 4.78 is 13.9. The lowest BCUT2D eigenvalue weighted by Gasteiger charge is -2.33. The molecule has 0 spiro atoms. The van der Waals surface area contributed by atoms with Gasteiger partial charge in [-0.1, -0.05) is 0 Å². The number of halogens is 2. The van der Waals surface area contributed by atoms with Crippen LogP contribution in [0.3, 0.4) is 0 Å². The van der Waals surface area contributed by atoms with Crippen molar-refractivity contribution in [3.8, 4) is 0 Å². The van der Waals surface area contributed by atoms with Crippen LogP contribution in [0.2, 0.25) is 0 Å². The number of piperazine rings is 1. The lowest BCUT2D eigenvalue weighted by atomic mass is 10.1. The molecule has 0 bridgehead atoms. The van der Waals surface area contributed by atoms with Crippen LogP contribution in [0.15, 0.2) is 22.7 Å². The molecule has 2 amide bonds. The minimum atomic E-state index is -0.462. The third-order valence-corrected chi connectivity index (χ3v) is 4.11. The standard InChI is InChI=1S/C13H12BrFN2O2/c14-9-4-3-8(15)5-10(9)17-6-11(18)16-12(13(17)19)7-1-2-7/h3-5,7,12H,1-2,6H2,(H,16,18). The van der Waals surface area contributed by atoms with E-state index in [4.69, 9.17) is 0 Å². The number of amides is 2. The molecule has 1 saturated carbocycles. The van der Waals surface area contributed by atoms with Crippen LogP contribution < -0.4 is 10.2 Å². The molecule has 1 aliphatic carbocycles. The summed E-state index contributed by atoms with van der Waals surface area (Å²) in [5, 5.41) is 2.72. The zero-order valence-electron chi connectivity index (χ0n) is 10.0. The summed E-state index contributed by atoms with van der Waals surface area (Å²) in [5.74, 6) is -0.562. The third-order valence-electron chi connectivity index (χ3n) is 3.44. The van der Waals surface area contributed by atoms with Crippen molar-refractivity contribution >= 4 is 33.4 Å². The van der Waals surface area contributed by atoms with E-state index >= 15 is 0 Å². The number of nitrogens with one attached hydrogen (secondary N) is 1. The van der Waals surface area contributed by atoms with E-state index in [0.29, 0.717) is 10.2 Å². The summed E-state index contributed by atoms with van der Waals surface area (Å²) in [7, 11) is 0. The fraction of sp³-hybridized carbons (Fsp3) is 0.385. The zero-order valence-corrected chi connectivity index (χ0v) is 11.6. The summed E-state index contributed by atoms with van der Waals surface area (Å²) >= 11 is 3.29. The van der Waals surface area contributed by atoms with E-state index < -0.39 is 11.9 Å². The Hall–Kier alpha value is -1.43. The number of carbonyl (C=O) groups excluding carboxylic acids is 2. The van der Waals surface area contributed by atoms with Crippen molar-refractivity contribution in [1.82, 2.24) is 5.32 Å². The first kappa shape index (κ1) is 12.6. The summed E-state index contributed by atoms with van der Waals surface area (Å²) in [4.78, 5) is 25.5. The lowest BCUT2D eigenvalue weighted by Crippen LogP contribution is -2.59. The maximum absolute atomic E-state index is 13.3. The number of hydrogen-bond donors (Lipinski definition) is 1. The van der Waals surface area contributed by atoms with Gasteiger partial charge in [0, 0.05) is 4.47 Å². The molecule has 19 heavy (non-hydrogen) atoms. The minimum Gasteiger partial charge on any atom is -0.342 e. The molecule has 4 nitrogen and oxygen atoms in total. The quantitative estimate of drug-likeness (QED) is 0.901. The van der Waals surface area contributed by atoms with Gasteiger partial charge in [0.25, 0.3) is 0 Å². The predicted molar refractivity (Wildman–Crippen MR) is 71.1 cm³/mol. The first-order chi connectivity index (χ1) is 9.06. The van der Waals surface area contributed by atoms with Gasteiger partial charge in [-0.05, 0) is 52.9 Å². The Morgan fingerprint density at radius 1 is 1.32 bits per heavy atom. The smallest absolute Gasteiger partial charge is 0.250 e. The molecule has 1 aromatic carbocycles. The highest BCUT2D eigenvalue weighted by Crippen LogP contribution is 2.36. The van der Waals surface area contributed by atoms with Crippen LogP contribution in [-0.4, -0.2) is 24.4 Å². The van der Waals surface area contributed by atoms with Crippen molar-refractivity contribution in [3.63, 3.8) is 0 Å². The van der Waals surface area contributed by atoms with E-state index in [1.54, 1.807) is 0 Å². The molecule has 1 heterocycles. The second-order valence-corrected chi connectivity index (χ2v) is 5.76. The summed E-state index contributed by atoms with van der Waals surface area (Å²) in [6.45, 7) is -0.0654. The zero-order chi connectivity index (χ0) is 13.6. The van der Waals surface area contributed by atoms with Crippen LogP contribution in [-0.2, 0) is 9.59 Å². The van der Waals surface area contributed by atoms with Crippen molar-refractivity contribution < 1.29 is 14.0 Å². The van der Waals surface area contributed by atoms with Gasteiger partial charge in [0.1, 0.15) is 18.4 Å². The molecule has 0 radical (unpaired) electrons. The molecule has 2 aliphatic rings. The number of anilines is 1. The average Bonchev–Trinajstić information content (AvgIpc) is 3.19. The number of rotatable bonds is 2. The van der Waals surface area contributed by atoms with Crippen molar-refractivity contribution in [2.24, 2.45) is 5.92 Å². The SMILES string of the molecule is O=C1CN(c2cc(F)ccc2Br)C(=O)C(C2CC2)N1. The van der Waals surface area contributed by atoms with Gasteiger partial charge in [-0.15, -0.1) is 0 Å². The number of benzene rings is 1. The molecule has 0 aromatic heterocycles. The molecule has 1 saturated heterocycles. The van der Waals surface area contributed by atoms with E-state index in [-0.39, 0.29) is 24.3 Å². The highest BCUT2D eigenvalue weighted by atomic mass is 79.9. The van der Waals surface area contributed by atoms with Gasteiger partial charge in [-0.3, -0.25) is 14.5 Å². The van der Waals surface area contributed by atoms with Crippen molar-refractivity contribution in [1.29, 1.82) is 0 Å². The van der Waals surface area contributed by atoms with Crippen LogP contribution in [0, 0.1) is 11.7 Å². The summed E-state index contributed by atoms with van der Waals surface area (Å²) in [6.07, 6.45) is 1.91.